The highest BCUT2D eigenvalue weighted by atomic mass is 19.1. The second kappa shape index (κ2) is 9.68. The summed E-state index contributed by atoms with van der Waals surface area (Å²) in [5, 5.41) is 5.93. The van der Waals surface area contributed by atoms with Gasteiger partial charge in [-0.3, -0.25) is 0 Å². The van der Waals surface area contributed by atoms with E-state index < -0.39 is 17.7 Å². The molecule has 0 bridgehead atoms. The normalized spacial score (nSPS) is 13.6. The molecule has 0 aliphatic carbocycles. The molecule has 6 nitrogen and oxygen atoms in total. The standard InChI is InChI=1S/C27H24F2N4O2/c1-17-2-4-18(5-3-17)24-16-26(33-10-12-35-13-11-33)21-15-20(7-9-23(21)31-24)30-27(34)32-25-14-19(28)6-8-22(25)29/h2-9,14-16H,10-13H2,1H3,(H2,30,32,34). The number of ether oxygens (including phenoxy) is 1. The fourth-order valence-corrected chi connectivity index (χ4v) is 4.10. The van der Waals surface area contributed by atoms with Crippen LogP contribution in [0.3, 0.4) is 0 Å². The van der Waals surface area contributed by atoms with Crippen molar-refractivity contribution >= 4 is 34.0 Å². The summed E-state index contributed by atoms with van der Waals surface area (Å²) in [6.07, 6.45) is 0. The predicted octanol–water partition coefficient (Wildman–Crippen LogP) is 5.97. The average Bonchev–Trinajstić information content (AvgIpc) is 2.86. The highest BCUT2D eigenvalue weighted by Crippen LogP contribution is 2.33. The number of halogens is 2. The van der Waals surface area contributed by atoms with Gasteiger partial charge in [0.05, 0.1) is 30.1 Å². The van der Waals surface area contributed by atoms with Crippen molar-refractivity contribution in [3.63, 3.8) is 0 Å². The van der Waals surface area contributed by atoms with Crippen LogP contribution in [0.15, 0.2) is 66.7 Å². The van der Waals surface area contributed by atoms with Gasteiger partial charge in [0.15, 0.2) is 0 Å². The van der Waals surface area contributed by atoms with Crippen molar-refractivity contribution in [2.75, 3.05) is 41.8 Å². The summed E-state index contributed by atoms with van der Waals surface area (Å²) in [7, 11) is 0. The first-order chi connectivity index (χ1) is 17.0. The number of urea groups is 1. The molecule has 1 aliphatic rings. The molecule has 4 aromatic rings. The lowest BCUT2D eigenvalue weighted by molar-refractivity contribution is 0.123. The predicted molar refractivity (Wildman–Crippen MR) is 134 cm³/mol. The van der Waals surface area contributed by atoms with Gasteiger partial charge in [-0.2, -0.15) is 0 Å². The first kappa shape index (κ1) is 22.7. The monoisotopic (exact) mass is 474 g/mol. The molecule has 2 heterocycles. The van der Waals surface area contributed by atoms with Gasteiger partial charge in [0.2, 0.25) is 0 Å². The number of pyridine rings is 1. The summed E-state index contributed by atoms with van der Waals surface area (Å²) < 4.78 is 32.9. The molecular formula is C27H24F2N4O2. The fraction of sp³-hybridized carbons (Fsp3) is 0.185. The fourth-order valence-electron chi connectivity index (χ4n) is 4.10. The summed E-state index contributed by atoms with van der Waals surface area (Å²) in [6, 6.07) is 17.9. The molecule has 1 saturated heterocycles. The topological polar surface area (TPSA) is 66.5 Å². The van der Waals surface area contributed by atoms with Crippen LogP contribution < -0.4 is 15.5 Å². The summed E-state index contributed by atoms with van der Waals surface area (Å²) in [5.74, 6) is -1.36. The second-order valence-electron chi connectivity index (χ2n) is 8.43. The van der Waals surface area contributed by atoms with E-state index in [-0.39, 0.29) is 5.69 Å². The number of rotatable bonds is 4. The molecular weight excluding hydrogens is 450 g/mol. The first-order valence-electron chi connectivity index (χ1n) is 11.3. The van der Waals surface area contributed by atoms with Gasteiger partial charge in [0.25, 0.3) is 0 Å². The Morgan fingerprint density at radius 3 is 2.49 bits per heavy atom. The number of nitrogens with one attached hydrogen (secondary N) is 2. The first-order valence-corrected chi connectivity index (χ1v) is 11.3. The molecule has 1 fully saturated rings. The highest BCUT2D eigenvalue weighted by molar-refractivity contribution is 6.03. The molecule has 0 saturated carbocycles. The van der Waals surface area contributed by atoms with Gasteiger partial charge >= 0.3 is 6.03 Å². The van der Waals surface area contributed by atoms with E-state index >= 15 is 0 Å². The minimum atomic E-state index is -0.720. The lowest BCUT2D eigenvalue weighted by atomic mass is 10.0. The Hall–Kier alpha value is -4.04. The largest absolute Gasteiger partial charge is 0.378 e. The van der Waals surface area contributed by atoms with Crippen LogP contribution in [0.2, 0.25) is 0 Å². The number of morpholine rings is 1. The van der Waals surface area contributed by atoms with Crippen LogP contribution >= 0.6 is 0 Å². The lowest BCUT2D eigenvalue weighted by Crippen LogP contribution is -2.36. The van der Waals surface area contributed by atoms with E-state index in [0.29, 0.717) is 18.9 Å². The van der Waals surface area contributed by atoms with Crippen molar-refractivity contribution < 1.29 is 18.3 Å². The molecule has 5 rings (SSSR count). The molecule has 178 valence electrons. The van der Waals surface area contributed by atoms with Crippen molar-refractivity contribution in [1.29, 1.82) is 0 Å². The van der Waals surface area contributed by atoms with Gasteiger partial charge in [0.1, 0.15) is 11.6 Å². The molecule has 35 heavy (non-hydrogen) atoms. The van der Waals surface area contributed by atoms with Crippen molar-refractivity contribution in [1.82, 2.24) is 4.98 Å². The van der Waals surface area contributed by atoms with Crippen molar-refractivity contribution in [2.24, 2.45) is 0 Å². The molecule has 0 spiro atoms. The van der Waals surface area contributed by atoms with Crippen LogP contribution in [0.5, 0.6) is 0 Å². The lowest BCUT2D eigenvalue weighted by Gasteiger charge is -2.30. The molecule has 2 N–H and O–H groups in total. The molecule has 1 aliphatic heterocycles. The number of aryl methyl sites for hydroxylation is 1. The van der Waals surface area contributed by atoms with Gasteiger partial charge in [-0.1, -0.05) is 29.8 Å². The van der Waals surface area contributed by atoms with Crippen LogP contribution in [0.4, 0.5) is 30.6 Å². The number of carbonyl (C=O) groups is 1. The maximum absolute atomic E-state index is 13.9. The van der Waals surface area contributed by atoms with E-state index in [4.69, 9.17) is 9.72 Å². The molecule has 3 aromatic carbocycles. The molecule has 8 heteroatoms. The Morgan fingerprint density at radius 2 is 1.71 bits per heavy atom. The Morgan fingerprint density at radius 1 is 0.943 bits per heavy atom. The Labute approximate surface area is 201 Å². The number of amides is 2. The maximum Gasteiger partial charge on any atom is 0.323 e. The van der Waals surface area contributed by atoms with Crippen LogP contribution in [-0.2, 0) is 4.74 Å². The van der Waals surface area contributed by atoms with Gasteiger partial charge < -0.3 is 20.3 Å². The zero-order chi connectivity index (χ0) is 24.4. The van der Waals surface area contributed by atoms with Gasteiger partial charge in [0, 0.05) is 41.5 Å². The number of benzene rings is 3. The zero-order valence-electron chi connectivity index (χ0n) is 19.1. The number of anilines is 3. The maximum atomic E-state index is 13.9. The summed E-state index contributed by atoms with van der Waals surface area (Å²) in [4.78, 5) is 19.6. The number of nitrogens with zero attached hydrogens (tertiary/aromatic N) is 2. The average molecular weight is 475 g/mol. The number of hydrogen-bond acceptors (Lipinski definition) is 4. The minimum absolute atomic E-state index is 0.235. The van der Waals surface area contributed by atoms with E-state index in [0.717, 1.165) is 59.1 Å². The number of aromatic nitrogens is 1. The Bertz CT molecular complexity index is 1390. The van der Waals surface area contributed by atoms with Crippen LogP contribution in [0.25, 0.3) is 22.2 Å². The number of carbonyl (C=O) groups excluding carboxylic acids is 1. The summed E-state index contributed by atoms with van der Waals surface area (Å²) >= 11 is 0. The Balaban J connectivity index is 1.49. The third-order valence-electron chi connectivity index (χ3n) is 5.92. The highest BCUT2D eigenvalue weighted by Gasteiger charge is 2.17. The van der Waals surface area contributed by atoms with E-state index in [1.807, 2.05) is 19.1 Å². The zero-order valence-corrected chi connectivity index (χ0v) is 19.1. The van der Waals surface area contributed by atoms with E-state index in [1.54, 1.807) is 6.07 Å². The number of fused-ring (bicyclic) bond motifs is 1. The van der Waals surface area contributed by atoms with Crippen molar-refractivity contribution in [3.05, 3.63) is 83.9 Å². The summed E-state index contributed by atoms with van der Waals surface area (Å²) in [6.45, 7) is 4.78. The Kier molecular flexibility index (Phi) is 6.29. The van der Waals surface area contributed by atoms with Gasteiger partial charge in [-0.25, -0.2) is 18.6 Å². The molecule has 2 amide bonds. The molecule has 0 atom stereocenters. The van der Waals surface area contributed by atoms with Crippen molar-refractivity contribution in [2.45, 2.75) is 6.92 Å². The third-order valence-corrected chi connectivity index (χ3v) is 5.92. The van der Waals surface area contributed by atoms with E-state index in [1.165, 1.54) is 5.56 Å². The second-order valence-corrected chi connectivity index (χ2v) is 8.43. The minimum Gasteiger partial charge on any atom is -0.378 e. The van der Waals surface area contributed by atoms with E-state index in [9.17, 15) is 13.6 Å². The third kappa shape index (κ3) is 5.07. The molecule has 1 aromatic heterocycles. The van der Waals surface area contributed by atoms with Crippen molar-refractivity contribution in [3.8, 4) is 11.3 Å². The van der Waals surface area contributed by atoms with Crippen LogP contribution in [-0.4, -0.2) is 37.3 Å². The smallest absolute Gasteiger partial charge is 0.323 e. The quantitative estimate of drug-likeness (QED) is 0.383. The van der Waals surface area contributed by atoms with Gasteiger partial charge in [-0.05, 0) is 43.3 Å². The van der Waals surface area contributed by atoms with E-state index in [2.05, 4.69) is 45.9 Å². The molecule has 0 radical (unpaired) electrons. The van der Waals surface area contributed by atoms with Crippen LogP contribution in [0.1, 0.15) is 5.56 Å². The molecule has 0 unspecified atom stereocenters. The van der Waals surface area contributed by atoms with Crippen LogP contribution in [0, 0.1) is 18.6 Å². The van der Waals surface area contributed by atoms with Gasteiger partial charge in [-0.15, -0.1) is 0 Å². The number of hydrogen-bond donors (Lipinski definition) is 2. The SMILES string of the molecule is Cc1ccc(-c2cc(N3CCOCC3)c3cc(NC(=O)Nc4cc(F)ccc4F)ccc3n2)cc1. The summed E-state index contributed by atoms with van der Waals surface area (Å²) in [5.41, 5.74) is 5.11.